The lowest BCUT2D eigenvalue weighted by Crippen LogP contribution is -2.57. The minimum absolute atomic E-state index is 0.00712. The Labute approximate surface area is 764 Å². The van der Waals surface area contributed by atoms with Gasteiger partial charge in [0.25, 0.3) is 11.8 Å². The number of ether oxygens (including phenoxy) is 8. The summed E-state index contributed by atoms with van der Waals surface area (Å²) in [6.07, 6.45) is 19.0. The quantitative estimate of drug-likeness (QED) is 0.0274. The summed E-state index contributed by atoms with van der Waals surface area (Å²) in [5.74, 6) is -4.08. The van der Waals surface area contributed by atoms with Crippen LogP contribution in [0, 0.1) is 47.3 Å². The third-order valence-corrected chi connectivity index (χ3v) is 26.5. The van der Waals surface area contributed by atoms with Crippen LogP contribution in [0.1, 0.15) is 337 Å². The number of carboxylic acids is 1. The van der Waals surface area contributed by atoms with Crippen LogP contribution in [0.25, 0.3) is 0 Å². The van der Waals surface area contributed by atoms with E-state index < -0.39 is 92.8 Å². The maximum Gasteiger partial charge on any atom is 0.303 e. The number of anilines is 1. The molecule has 4 saturated heterocycles. The van der Waals surface area contributed by atoms with Crippen molar-refractivity contribution in [3.05, 3.63) is 29.3 Å². The van der Waals surface area contributed by atoms with Crippen molar-refractivity contribution in [1.29, 1.82) is 0 Å². The van der Waals surface area contributed by atoms with E-state index in [9.17, 15) is 47.9 Å². The van der Waals surface area contributed by atoms with Gasteiger partial charge in [-0.2, -0.15) is 0 Å². The van der Waals surface area contributed by atoms with Gasteiger partial charge in [-0.25, -0.2) is 0 Å². The number of benzene rings is 1. The Balaban J connectivity index is 1.37. The summed E-state index contributed by atoms with van der Waals surface area (Å²) in [4.78, 5) is 164. The van der Waals surface area contributed by atoms with Gasteiger partial charge in [0.2, 0.25) is 47.3 Å². The fourth-order valence-corrected chi connectivity index (χ4v) is 18.1. The van der Waals surface area contributed by atoms with Gasteiger partial charge in [0.05, 0.1) is 55.1 Å². The molecule has 0 spiro atoms. The van der Waals surface area contributed by atoms with Gasteiger partial charge in [-0.3, -0.25) is 57.5 Å². The van der Waals surface area contributed by atoms with Crippen molar-refractivity contribution < 1.29 is 101 Å². The van der Waals surface area contributed by atoms with Gasteiger partial charge in [-0.1, -0.05) is 179 Å². The molecular weight excluding hydrogens is 1640 g/mol. The highest BCUT2D eigenvalue weighted by atomic mass is 16.7. The molecule has 10 amide bonds. The first-order chi connectivity index (χ1) is 61.2. The second kappa shape index (κ2) is 61.5. The van der Waals surface area contributed by atoms with Gasteiger partial charge >= 0.3 is 5.97 Å². The Kier molecular flexibility index (Phi) is 53.4. The van der Waals surface area contributed by atoms with Crippen molar-refractivity contribution in [2.24, 2.45) is 47.3 Å². The smallest absolute Gasteiger partial charge is 0.303 e. The summed E-state index contributed by atoms with van der Waals surface area (Å²) in [6, 6.07) is 2.87. The van der Waals surface area contributed by atoms with Gasteiger partial charge in [-0.15, -0.1) is 0 Å². The minimum Gasteiger partial charge on any atom is -0.481 e. The fraction of sp³-hybridized carbons (Fsp3) is 0.814. The van der Waals surface area contributed by atoms with Crippen LogP contribution in [0.3, 0.4) is 0 Å². The topological polar surface area (TPSA) is 402 Å². The van der Waals surface area contributed by atoms with Gasteiger partial charge in [0, 0.05) is 110 Å². The molecular formula is C97H166N10O21. The molecule has 0 saturated carbocycles. The van der Waals surface area contributed by atoms with E-state index >= 15 is 9.59 Å². The van der Waals surface area contributed by atoms with Crippen molar-refractivity contribution in [3.8, 4) is 0 Å². The number of amides is 10. The maximum absolute atomic E-state index is 15.5. The number of carbonyl (C=O) groups is 12. The number of carbonyl (C=O) groups excluding carboxylic acids is 11. The lowest BCUT2D eigenvalue weighted by Gasteiger charge is -2.44. The van der Waals surface area contributed by atoms with Crippen LogP contribution < -0.4 is 42.5 Å². The Hall–Kier alpha value is -7.26. The van der Waals surface area contributed by atoms with E-state index in [2.05, 4.69) is 126 Å². The molecule has 1 aromatic carbocycles. The van der Waals surface area contributed by atoms with Gasteiger partial charge in [0.15, 0.2) is 30.9 Å². The average molecular weight is 1810 g/mol. The number of unbranched alkanes of at least 4 members (excludes halogenated alkanes) is 20. The van der Waals surface area contributed by atoms with E-state index in [4.69, 9.17) is 43.0 Å². The zero-order chi connectivity index (χ0) is 94.2. The number of nitrogens with zero attached hydrogens (tertiary/aromatic N) is 2. The number of hydrogen-bond acceptors (Lipinski definition) is 20. The summed E-state index contributed by atoms with van der Waals surface area (Å²) < 4.78 is 50.4. The van der Waals surface area contributed by atoms with Crippen LogP contribution in [0.2, 0.25) is 0 Å². The molecule has 1 aromatic rings. The van der Waals surface area contributed by atoms with Crippen molar-refractivity contribution in [2.75, 3.05) is 77.6 Å². The molecule has 0 radical (unpaired) electrons. The largest absolute Gasteiger partial charge is 0.481 e. The second-order valence-electron chi connectivity index (χ2n) is 36.8. The van der Waals surface area contributed by atoms with E-state index in [1.165, 1.54) is 45.9 Å². The Morgan fingerprint density at radius 2 is 0.578 bits per heavy atom. The summed E-state index contributed by atoms with van der Waals surface area (Å²) in [5, 5.41) is 32.9. The summed E-state index contributed by atoms with van der Waals surface area (Å²) in [7, 11) is 0. The van der Waals surface area contributed by atoms with Crippen LogP contribution >= 0.6 is 0 Å². The Morgan fingerprint density at radius 3 is 0.859 bits per heavy atom. The molecule has 0 bridgehead atoms. The third kappa shape index (κ3) is 40.4. The zero-order valence-corrected chi connectivity index (χ0v) is 80.7. The summed E-state index contributed by atoms with van der Waals surface area (Å²) in [6.45, 7) is 31.3. The second-order valence-corrected chi connectivity index (χ2v) is 36.8. The summed E-state index contributed by atoms with van der Waals surface area (Å²) >= 11 is 0. The number of aliphatic carboxylic acids is 1. The third-order valence-electron chi connectivity index (χ3n) is 26.5. The van der Waals surface area contributed by atoms with E-state index in [0.717, 1.165) is 113 Å². The van der Waals surface area contributed by atoms with E-state index in [-0.39, 0.29) is 181 Å². The monoisotopic (exact) mass is 1810 g/mol. The number of carboxylic acid groups (broad SMARTS) is 1. The average Bonchev–Trinajstić information content (AvgIpc) is 0.831. The highest BCUT2D eigenvalue weighted by Crippen LogP contribution is 2.38. The fourth-order valence-electron chi connectivity index (χ4n) is 18.1. The first kappa shape index (κ1) is 111. The molecule has 4 fully saturated rings. The molecule has 5 rings (SSSR count). The minimum atomic E-state index is -0.827. The van der Waals surface area contributed by atoms with Crippen LogP contribution in [0.15, 0.2) is 18.2 Å². The molecule has 4 aliphatic rings. The number of hydrogen-bond donors (Lipinski definition) is 9. The molecule has 31 heteroatoms. The molecule has 128 heavy (non-hydrogen) atoms. The first-order valence-corrected chi connectivity index (χ1v) is 49.0. The van der Waals surface area contributed by atoms with Crippen LogP contribution in [-0.4, -0.2) is 232 Å². The van der Waals surface area contributed by atoms with E-state index in [1.54, 1.807) is 0 Å². The molecule has 20 unspecified atom stereocenters. The van der Waals surface area contributed by atoms with Gasteiger partial charge in [-0.05, 0) is 155 Å². The Bertz CT molecular complexity index is 3170. The number of nitrogens with one attached hydrogen (secondary N) is 8. The maximum atomic E-state index is 15.5. The molecule has 0 aliphatic carbocycles. The SMILES string of the molecule is CCC1OC(OCCCCCCCC(=O)CN(CC(=O)NCCCCCCOC2OC(CC)C(C)C(C)C2NC(C)=O)C(=O)c2cc(NC(=O)CCCCCCCCCCC(=O)O)cc(C(=O)N(CC(=O)NCCCCCCOC3OC(CC)C(C)C(C)C3NC(C)=O)CC(=O)NCCCCCCOC3OC(CC)C(C)C(C)C3NC(C)=O)c2)C(NC(C)=O)C(C)C1C. The Morgan fingerprint density at radius 1 is 0.320 bits per heavy atom. The van der Waals surface area contributed by atoms with Crippen molar-refractivity contribution in [3.63, 3.8) is 0 Å². The van der Waals surface area contributed by atoms with Crippen LogP contribution in [-0.2, 0) is 85.8 Å². The highest BCUT2D eigenvalue weighted by molar-refractivity contribution is 6.05. The first-order valence-electron chi connectivity index (χ1n) is 49.0. The predicted molar refractivity (Wildman–Crippen MR) is 491 cm³/mol. The van der Waals surface area contributed by atoms with Gasteiger partial charge in [0.1, 0.15) is 19.6 Å². The van der Waals surface area contributed by atoms with Crippen molar-refractivity contribution >= 4 is 76.5 Å². The lowest BCUT2D eigenvalue weighted by atomic mass is 9.81. The zero-order valence-electron chi connectivity index (χ0n) is 80.7. The van der Waals surface area contributed by atoms with Gasteiger partial charge < -0.3 is 95.3 Å². The molecule has 9 N–H and O–H groups in total. The van der Waals surface area contributed by atoms with Crippen LogP contribution in [0.4, 0.5) is 5.69 Å². The molecule has 4 heterocycles. The highest BCUT2D eigenvalue weighted by Gasteiger charge is 2.46. The van der Waals surface area contributed by atoms with Crippen molar-refractivity contribution in [1.82, 2.24) is 47.0 Å². The van der Waals surface area contributed by atoms with E-state index in [0.29, 0.717) is 110 Å². The van der Waals surface area contributed by atoms with Crippen molar-refractivity contribution in [2.45, 2.75) is 390 Å². The number of ketones is 1. The predicted octanol–water partition coefficient (Wildman–Crippen LogP) is 13.1. The summed E-state index contributed by atoms with van der Waals surface area (Å²) in [5.41, 5.74) is -0.276. The molecule has 0 aromatic heterocycles. The number of rotatable bonds is 63. The lowest BCUT2D eigenvalue weighted by molar-refractivity contribution is -0.236. The molecule has 20 atom stereocenters. The molecule has 31 nitrogen and oxygen atoms in total. The standard InChI is InChI=1S/C97H166N10O21/c1-17-79-63(5)67(9)88(101-71(13)108)94(125-79)121-52-42-32-25-26-36-46-78(112)59-106(60-84(114)98-49-39-29-33-43-53-122-95-89(102-72(14)109)68(10)64(6)80(18-2)126-95)92(119)75-56-76(58-77(57-75)105-83(113)47-37-27-23-21-22-24-28-38-48-87(117)118)93(120)107(61-85(115)99-50-40-30-34-44-54-123-96-90(103-73(15)110)69(11)65(7)81(19-3)127-96)62-86(116)100-51-41-31-35-45-55-124-97-91(104-74(16)111)70(12)66(8)82(20-4)128-97/h56-58,63-70,79-82,88-91,94-97H,17-55,59-62H2,1-16H3,(H,98,114)(H,99,115)(H,100,116)(H,101,108)(H,102,109)(H,103,110)(H,104,111)(H,105,113)(H,117,118). The molecule has 730 valence electrons. The van der Waals surface area contributed by atoms with E-state index in [1.807, 2.05) is 0 Å². The molecule has 4 aliphatic heterocycles. The normalized spacial score (nSPS) is 25.7. The van der Waals surface area contributed by atoms with Crippen LogP contribution in [0.5, 0.6) is 0 Å². The number of Topliss-reactive ketones (excluding diaryl/α,β-unsaturated/α-hetero) is 1.